The molecular weight excluding hydrogens is 327 g/mol. The lowest BCUT2D eigenvalue weighted by Gasteiger charge is -2.07. The molecule has 8 heteroatoms. The number of benzene rings is 1. The Morgan fingerprint density at radius 3 is 2.83 bits per heavy atom. The second-order valence-corrected chi connectivity index (χ2v) is 5.73. The number of nitrogens with one attached hydrogen (secondary N) is 2. The van der Waals surface area contributed by atoms with Crippen molar-refractivity contribution in [3.8, 4) is 11.3 Å². The van der Waals surface area contributed by atoms with Gasteiger partial charge in [0.2, 0.25) is 5.91 Å². The monoisotopic (exact) mass is 343 g/mol. The number of thiazole rings is 1. The van der Waals surface area contributed by atoms with Gasteiger partial charge in [0.1, 0.15) is 0 Å². The first kappa shape index (κ1) is 17.4. The van der Waals surface area contributed by atoms with E-state index in [0.717, 1.165) is 18.7 Å². The molecule has 0 aliphatic heterocycles. The minimum Gasteiger partial charge on any atom is -0.320 e. The second-order valence-electron chi connectivity index (χ2n) is 4.87. The van der Waals surface area contributed by atoms with Crippen molar-refractivity contribution in [3.63, 3.8) is 0 Å². The minimum absolute atomic E-state index is 0.162. The molecule has 0 bridgehead atoms. The van der Waals surface area contributed by atoms with E-state index in [2.05, 4.69) is 15.6 Å². The smallest absolute Gasteiger partial charge is 0.320 e. The first-order valence-corrected chi connectivity index (χ1v) is 7.85. The Bertz CT molecular complexity index is 670. The van der Waals surface area contributed by atoms with Gasteiger partial charge in [-0.3, -0.25) is 4.79 Å². The Balaban J connectivity index is 2.06. The normalized spacial score (nSPS) is 11.5. The third-order valence-electron chi connectivity index (χ3n) is 3.07. The van der Waals surface area contributed by atoms with Gasteiger partial charge in [-0.25, -0.2) is 4.98 Å². The lowest BCUT2D eigenvalue weighted by atomic mass is 10.1. The Labute approximate surface area is 135 Å². The van der Waals surface area contributed by atoms with Gasteiger partial charge in [0.05, 0.1) is 11.3 Å². The number of carbonyl (C=O) groups is 1. The van der Waals surface area contributed by atoms with Crippen LogP contribution in [0.2, 0.25) is 0 Å². The zero-order chi connectivity index (χ0) is 16.9. The summed E-state index contributed by atoms with van der Waals surface area (Å²) in [5, 5.41) is 7.60. The van der Waals surface area contributed by atoms with Crippen LogP contribution in [-0.4, -0.2) is 24.5 Å². The van der Waals surface area contributed by atoms with E-state index in [0.29, 0.717) is 29.2 Å². The highest BCUT2D eigenvalue weighted by molar-refractivity contribution is 7.14. The summed E-state index contributed by atoms with van der Waals surface area (Å²) >= 11 is 1.19. The SMILES string of the molecule is CNCCCC(=O)Nc1nc(-c2cccc(C(F)(F)F)c2)cs1. The fourth-order valence-electron chi connectivity index (χ4n) is 1.93. The predicted molar refractivity (Wildman–Crippen MR) is 84.3 cm³/mol. The molecule has 0 saturated heterocycles. The molecular formula is C15H16F3N3OS. The predicted octanol–water partition coefficient (Wildman–Crippen LogP) is 3.77. The maximum absolute atomic E-state index is 12.7. The molecule has 0 unspecified atom stereocenters. The molecule has 0 aliphatic carbocycles. The van der Waals surface area contributed by atoms with Crippen LogP contribution in [0.3, 0.4) is 0 Å². The van der Waals surface area contributed by atoms with E-state index in [9.17, 15) is 18.0 Å². The molecule has 23 heavy (non-hydrogen) atoms. The van der Waals surface area contributed by atoms with Crippen LogP contribution >= 0.6 is 11.3 Å². The number of nitrogens with zero attached hydrogens (tertiary/aromatic N) is 1. The lowest BCUT2D eigenvalue weighted by Crippen LogP contribution is -2.15. The molecule has 2 N–H and O–H groups in total. The first-order valence-electron chi connectivity index (χ1n) is 6.98. The number of hydrogen-bond acceptors (Lipinski definition) is 4. The van der Waals surface area contributed by atoms with Crippen LogP contribution < -0.4 is 10.6 Å². The van der Waals surface area contributed by atoms with Gasteiger partial charge in [0, 0.05) is 17.4 Å². The van der Waals surface area contributed by atoms with Crippen molar-refractivity contribution < 1.29 is 18.0 Å². The number of alkyl halides is 3. The maximum Gasteiger partial charge on any atom is 0.416 e. The highest BCUT2D eigenvalue weighted by Gasteiger charge is 2.30. The number of aromatic nitrogens is 1. The largest absolute Gasteiger partial charge is 0.416 e. The standard InChI is InChI=1S/C15H16F3N3OS/c1-19-7-3-6-13(22)21-14-20-12(9-23-14)10-4-2-5-11(8-10)15(16,17)18/h2,4-5,8-9,19H,3,6-7H2,1H3,(H,20,21,22). The summed E-state index contributed by atoms with van der Waals surface area (Å²) < 4.78 is 38.2. The van der Waals surface area contributed by atoms with E-state index in [1.54, 1.807) is 18.5 Å². The molecule has 124 valence electrons. The van der Waals surface area contributed by atoms with Gasteiger partial charge in [0.25, 0.3) is 0 Å². The molecule has 0 radical (unpaired) electrons. The molecule has 2 rings (SSSR count). The number of anilines is 1. The van der Waals surface area contributed by atoms with Crippen LogP contribution in [0.15, 0.2) is 29.6 Å². The van der Waals surface area contributed by atoms with Crippen molar-refractivity contribution in [1.82, 2.24) is 10.3 Å². The molecule has 0 fully saturated rings. The van der Waals surface area contributed by atoms with Gasteiger partial charge < -0.3 is 10.6 Å². The molecule has 4 nitrogen and oxygen atoms in total. The van der Waals surface area contributed by atoms with Crippen LogP contribution in [0.4, 0.5) is 18.3 Å². The van der Waals surface area contributed by atoms with E-state index >= 15 is 0 Å². The highest BCUT2D eigenvalue weighted by atomic mass is 32.1. The Morgan fingerprint density at radius 1 is 1.35 bits per heavy atom. The number of rotatable bonds is 6. The van der Waals surface area contributed by atoms with E-state index in [-0.39, 0.29) is 5.91 Å². The van der Waals surface area contributed by atoms with Crippen LogP contribution in [0.25, 0.3) is 11.3 Å². The summed E-state index contributed by atoms with van der Waals surface area (Å²) in [6, 6.07) is 4.96. The summed E-state index contributed by atoms with van der Waals surface area (Å²) in [7, 11) is 1.81. The first-order chi connectivity index (χ1) is 10.9. The molecule has 1 amide bonds. The molecule has 0 aliphatic rings. The van der Waals surface area contributed by atoms with Crippen LogP contribution in [0.1, 0.15) is 18.4 Å². The van der Waals surface area contributed by atoms with Gasteiger partial charge in [0.15, 0.2) is 5.13 Å². The van der Waals surface area contributed by atoms with Crippen molar-refractivity contribution in [2.24, 2.45) is 0 Å². The zero-order valence-corrected chi connectivity index (χ0v) is 13.2. The van der Waals surface area contributed by atoms with Crippen molar-refractivity contribution in [1.29, 1.82) is 0 Å². The van der Waals surface area contributed by atoms with Gasteiger partial charge in [-0.05, 0) is 32.1 Å². The topological polar surface area (TPSA) is 54.0 Å². The van der Waals surface area contributed by atoms with Crippen LogP contribution in [-0.2, 0) is 11.0 Å². The van der Waals surface area contributed by atoms with Crippen molar-refractivity contribution in [3.05, 3.63) is 35.2 Å². The average Bonchev–Trinajstić information content (AvgIpc) is 2.95. The zero-order valence-electron chi connectivity index (χ0n) is 12.4. The number of amides is 1. The van der Waals surface area contributed by atoms with Gasteiger partial charge in [-0.2, -0.15) is 13.2 Å². The van der Waals surface area contributed by atoms with Gasteiger partial charge >= 0.3 is 6.18 Å². The Kier molecular flexibility index (Phi) is 5.73. The Hall–Kier alpha value is -1.93. The van der Waals surface area contributed by atoms with Crippen molar-refractivity contribution >= 4 is 22.4 Å². The minimum atomic E-state index is -4.39. The average molecular weight is 343 g/mol. The summed E-state index contributed by atoms with van der Waals surface area (Å²) in [4.78, 5) is 15.9. The van der Waals surface area contributed by atoms with E-state index in [1.165, 1.54) is 17.4 Å². The number of carbonyl (C=O) groups excluding carboxylic acids is 1. The molecule has 1 heterocycles. The van der Waals surface area contributed by atoms with E-state index in [1.807, 2.05) is 0 Å². The molecule has 0 saturated carbocycles. The third-order valence-corrected chi connectivity index (χ3v) is 3.82. The lowest BCUT2D eigenvalue weighted by molar-refractivity contribution is -0.137. The molecule has 0 atom stereocenters. The third kappa shape index (κ3) is 5.04. The quantitative estimate of drug-likeness (QED) is 0.785. The van der Waals surface area contributed by atoms with Gasteiger partial charge in [-0.15, -0.1) is 11.3 Å². The second kappa shape index (κ2) is 7.56. The summed E-state index contributed by atoms with van der Waals surface area (Å²) in [5.74, 6) is -0.162. The summed E-state index contributed by atoms with van der Waals surface area (Å²) in [6.07, 6.45) is -3.33. The maximum atomic E-state index is 12.7. The molecule has 0 spiro atoms. The van der Waals surface area contributed by atoms with Crippen molar-refractivity contribution in [2.75, 3.05) is 18.9 Å². The van der Waals surface area contributed by atoms with E-state index < -0.39 is 11.7 Å². The van der Waals surface area contributed by atoms with Crippen molar-refractivity contribution in [2.45, 2.75) is 19.0 Å². The van der Waals surface area contributed by atoms with E-state index in [4.69, 9.17) is 0 Å². The molecule has 1 aromatic heterocycles. The summed E-state index contributed by atoms with van der Waals surface area (Å²) in [6.45, 7) is 0.737. The fraction of sp³-hybridized carbons (Fsp3) is 0.333. The Morgan fingerprint density at radius 2 is 2.13 bits per heavy atom. The molecule has 2 aromatic rings. The molecule has 1 aromatic carbocycles. The van der Waals surface area contributed by atoms with Crippen LogP contribution in [0, 0.1) is 0 Å². The van der Waals surface area contributed by atoms with Gasteiger partial charge in [-0.1, -0.05) is 12.1 Å². The highest BCUT2D eigenvalue weighted by Crippen LogP contribution is 2.33. The number of halogens is 3. The fourth-order valence-corrected chi connectivity index (χ4v) is 2.66. The van der Waals surface area contributed by atoms with Crippen LogP contribution in [0.5, 0.6) is 0 Å². The summed E-state index contributed by atoms with van der Waals surface area (Å²) in [5.41, 5.74) is 0.0547. The number of hydrogen-bond donors (Lipinski definition) is 2.